The molecule has 0 bridgehead atoms. The number of carbonyl (C=O) groups is 2. The maximum atomic E-state index is 12.1. The smallest absolute Gasteiger partial charge is 0.371 e. The highest BCUT2D eigenvalue weighted by Crippen LogP contribution is 2.26. The lowest BCUT2D eigenvalue weighted by Crippen LogP contribution is -2.29. The molecular formula is C15H21NO4. The Morgan fingerprint density at radius 2 is 2.20 bits per heavy atom. The van der Waals surface area contributed by atoms with Crippen LogP contribution in [0.1, 0.15) is 49.4 Å². The van der Waals surface area contributed by atoms with Crippen molar-refractivity contribution in [3.05, 3.63) is 23.7 Å². The van der Waals surface area contributed by atoms with Crippen molar-refractivity contribution in [1.29, 1.82) is 0 Å². The Bertz CT molecular complexity index is 492. The standard InChI is InChI=1S/C15H21NO4/c1-10(2)11-3-6-14(17)16(8-7-11)9-12-4-5-13(20-12)15(18)19/h4-5,10-11H,3,6-9H2,1-2H3,(H,18,19). The van der Waals surface area contributed by atoms with Gasteiger partial charge in [-0.3, -0.25) is 4.79 Å². The van der Waals surface area contributed by atoms with E-state index in [1.165, 1.54) is 6.07 Å². The minimum atomic E-state index is -1.08. The summed E-state index contributed by atoms with van der Waals surface area (Å²) in [6.45, 7) is 5.45. The fourth-order valence-corrected chi connectivity index (χ4v) is 2.66. The lowest BCUT2D eigenvalue weighted by molar-refractivity contribution is -0.131. The molecule has 1 fully saturated rings. The van der Waals surface area contributed by atoms with E-state index in [1.807, 2.05) is 0 Å². The van der Waals surface area contributed by atoms with Crippen molar-refractivity contribution in [2.24, 2.45) is 11.8 Å². The summed E-state index contributed by atoms with van der Waals surface area (Å²) >= 11 is 0. The van der Waals surface area contributed by atoms with E-state index in [1.54, 1.807) is 11.0 Å². The summed E-state index contributed by atoms with van der Waals surface area (Å²) in [4.78, 5) is 24.6. The molecule has 1 unspecified atom stereocenters. The normalized spacial score (nSPS) is 20.2. The highest BCUT2D eigenvalue weighted by molar-refractivity contribution is 5.84. The van der Waals surface area contributed by atoms with E-state index in [0.29, 0.717) is 37.1 Å². The van der Waals surface area contributed by atoms with E-state index in [-0.39, 0.29) is 11.7 Å². The van der Waals surface area contributed by atoms with Gasteiger partial charge in [-0.25, -0.2) is 4.79 Å². The van der Waals surface area contributed by atoms with Crippen LogP contribution >= 0.6 is 0 Å². The Kier molecular flexibility index (Phi) is 4.47. The highest BCUT2D eigenvalue weighted by Gasteiger charge is 2.25. The molecule has 1 saturated heterocycles. The topological polar surface area (TPSA) is 70.8 Å². The lowest BCUT2D eigenvalue weighted by atomic mass is 9.89. The minimum Gasteiger partial charge on any atom is -0.475 e. The second-order valence-electron chi connectivity index (χ2n) is 5.72. The quantitative estimate of drug-likeness (QED) is 0.920. The second-order valence-corrected chi connectivity index (χ2v) is 5.72. The van der Waals surface area contributed by atoms with Gasteiger partial charge in [-0.15, -0.1) is 0 Å². The number of hydrogen-bond donors (Lipinski definition) is 1. The van der Waals surface area contributed by atoms with Crippen molar-refractivity contribution >= 4 is 11.9 Å². The van der Waals surface area contributed by atoms with Gasteiger partial charge in [0.1, 0.15) is 5.76 Å². The molecule has 1 aliphatic rings. The van der Waals surface area contributed by atoms with Crippen molar-refractivity contribution < 1.29 is 19.1 Å². The number of nitrogens with zero attached hydrogens (tertiary/aromatic N) is 1. The van der Waals surface area contributed by atoms with Gasteiger partial charge in [0.05, 0.1) is 6.54 Å². The predicted octanol–water partition coefficient (Wildman–Crippen LogP) is 2.76. The van der Waals surface area contributed by atoms with Crippen LogP contribution in [0.25, 0.3) is 0 Å². The third-order valence-corrected chi connectivity index (χ3v) is 4.01. The highest BCUT2D eigenvalue weighted by atomic mass is 16.4. The molecule has 20 heavy (non-hydrogen) atoms. The molecule has 1 aromatic rings. The van der Waals surface area contributed by atoms with Gasteiger partial charge < -0.3 is 14.4 Å². The summed E-state index contributed by atoms with van der Waals surface area (Å²) < 4.78 is 5.22. The van der Waals surface area contributed by atoms with Crippen molar-refractivity contribution in [2.45, 2.75) is 39.7 Å². The summed E-state index contributed by atoms with van der Waals surface area (Å²) in [6.07, 6.45) is 2.50. The number of furan rings is 1. The number of likely N-dealkylation sites (tertiary alicyclic amines) is 1. The van der Waals surface area contributed by atoms with Gasteiger partial charge in [-0.2, -0.15) is 0 Å². The van der Waals surface area contributed by atoms with Crippen LogP contribution in [0, 0.1) is 11.8 Å². The maximum absolute atomic E-state index is 12.1. The first-order chi connectivity index (χ1) is 9.47. The first kappa shape index (κ1) is 14.6. The van der Waals surface area contributed by atoms with Crippen LogP contribution in [0.15, 0.2) is 16.5 Å². The zero-order valence-corrected chi connectivity index (χ0v) is 12.0. The predicted molar refractivity (Wildman–Crippen MR) is 73.3 cm³/mol. The second kappa shape index (κ2) is 6.11. The molecule has 1 atom stereocenters. The number of carboxylic acids is 1. The molecule has 2 rings (SSSR count). The molecule has 0 saturated carbocycles. The zero-order valence-electron chi connectivity index (χ0n) is 12.0. The van der Waals surface area contributed by atoms with E-state index >= 15 is 0 Å². The lowest BCUT2D eigenvalue weighted by Gasteiger charge is -2.20. The Balaban J connectivity index is 2.00. The molecule has 110 valence electrons. The molecule has 1 aliphatic heterocycles. The number of carboxylic acid groups (broad SMARTS) is 1. The Morgan fingerprint density at radius 3 is 2.80 bits per heavy atom. The van der Waals surface area contributed by atoms with E-state index in [2.05, 4.69) is 13.8 Å². The van der Waals surface area contributed by atoms with E-state index < -0.39 is 5.97 Å². The first-order valence-electron chi connectivity index (χ1n) is 7.07. The average molecular weight is 279 g/mol. The monoisotopic (exact) mass is 279 g/mol. The molecule has 5 heteroatoms. The zero-order chi connectivity index (χ0) is 14.7. The molecule has 0 aromatic carbocycles. The van der Waals surface area contributed by atoms with Gasteiger partial charge in [0.2, 0.25) is 11.7 Å². The van der Waals surface area contributed by atoms with E-state index in [9.17, 15) is 9.59 Å². The van der Waals surface area contributed by atoms with Gasteiger partial charge >= 0.3 is 5.97 Å². The van der Waals surface area contributed by atoms with Crippen molar-refractivity contribution in [3.8, 4) is 0 Å². The van der Waals surface area contributed by atoms with Crippen LogP contribution < -0.4 is 0 Å². The first-order valence-corrected chi connectivity index (χ1v) is 7.07. The van der Waals surface area contributed by atoms with Crippen LogP contribution in [0.4, 0.5) is 0 Å². The number of hydrogen-bond acceptors (Lipinski definition) is 3. The van der Waals surface area contributed by atoms with Gasteiger partial charge in [0.15, 0.2) is 0 Å². The summed E-state index contributed by atoms with van der Waals surface area (Å²) in [7, 11) is 0. The number of aromatic carboxylic acids is 1. The third kappa shape index (κ3) is 3.40. The van der Waals surface area contributed by atoms with Gasteiger partial charge in [-0.05, 0) is 36.8 Å². The van der Waals surface area contributed by atoms with Gasteiger partial charge in [-0.1, -0.05) is 13.8 Å². The van der Waals surface area contributed by atoms with Crippen LogP contribution in [-0.4, -0.2) is 28.4 Å². The third-order valence-electron chi connectivity index (χ3n) is 4.01. The van der Waals surface area contributed by atoms with Crippen LogP contribution in [0.5, 0.6) is 0 Å². The summed E-state index contributed by atoms with van der Waals surface area (Å²) in [5.74, 6) is 0.654. The molecule has 1 N–H and O–H groups in total. The molecular weight excluding hydrogens is 258 g/mol. The number of carbonyl (C=O) groups excluding carboxylic acids is 1. The fraction of sp³-hybridized carbons (Fsp3) is 0.600. The molecule has 5 nitrogen and oxygen atoms in total. The number of rotatable bonds is 4. The van der Waals surface area contributed by atoms with Crippen LogP contribution in [-0.2, 0) is 11.3 Å². The summed E-state index contributed by atoms with van der Waals surface area (Å²) in [5.41, 5.74) is 0. The Labute approximate surface area is 118 Å². The van der Waals surface area contributed by atoms with Gasteiger partial charge in [0, 0.05) is 13.0 Å². The van der Waals surface area contributed by atoms with Crippen LogP contribution in [0.2, 0.25) is 0 Å². The SMILES string of the molecule is CC(C)C1CCC(=O)N(Cc2ccc(C(=O)O)o2)CC1. The maximum Gasteiger partial charge on any atom is 0.371 e. The van der Waals surface area contributed by atoms with Crippen LogP contribution in [0.3, 0.4) is 0 Å². The van der Waals surface area contributed by atoms with Gasteiger partial charge in [0.25, 0.3) is 0 Å². The summed E-state index contributed by atoms with van der Waals surface area (Å²) in [6, 6.07) is 3.05. The molecule has 0 aliphatic carbocycles. The Morgan fingerprint density at radius 1 is 1.45 bits per heavy atom. The summed E-state index contributed by atoms with van der Waals surface area (Å²) in [5, 5.41) is 8.82. The van der Waals surface area contributed by atoms with Crippen molar-refractivity contribution in [2.75, 3.05) is 6.54 Å². The molecule has 0 spiro atoms. The molecule has 0 radical (unpaired) electrons. The fourth-order valence-electron chi connectivity index (χ4n) is 2.66. The van der Waals surface area contributed by atoms with Crippen molar-refractivity contribution in [1.82, 2.24) is 4.90 Å². The molecule has 2 heterocycles. The molecule has 1 aromatic heterocycles. The Hall–Kier alpha value is -1.78. The number of amides is 1. The van der Waals surface area contributed by atoms with Crippen molar-refractivity contribution in [3.63, 3.8) is 0 Å². The van der Waals surface area contributed by atoms with E-state index in [0.717, 1.165) is 12.8 Å². The van der Waals surface area contributed by atoms with E-state index in [4.69, 9.17) is 9.52 Å². The minimum absolute atomic E-state index is 0.0812. The largest absolute Gasteiger partial charge is 0.475 e. The molecule has 1 amide bonds. The average Bonchev–Trinajstić information content (AvgIpc) is 2.77.